The van der Waals surface area contributed by atoms with Crippen molar-refractivity contribution in [1.82, 2.24) is 19.2 Å². The maximum Gasteiger partial charge on any atom is 0.0543 e. The molecule has 2 saturated heterocycles. The average molecular weight is 405 g/mol. The van der Waals surface area contributed by atoms with E-state index in [2.05, 4.69) is 67.7 Å². The summed E-state index contributed by atoms with van der Waals surface area (Å²) in [5, 5.41) is 0. The summed E-state index contributed by atoms with van der Waals surface area (Å²) in [6, 6.07) is 19.4. The van der Waals surface area contributed by atoms with Crippen molar-refractivity contribution >= 4 is 11.5 Å². The monoisotopic (exact) mass is 404 g/mol. The number of rotatable bonds is 7. The summed E-state index contributed by atoms with van der Waals surface area (Å²) in [5.41, 5.74) is 3.03. The van der Waals surface area contributed by atoms with Crippen molar-refractivity contribution in [3.63, 3.8) is 0 Å². The average Bonchev–Trinajstić information content (AvgIpc) is 3.44. The molecule has 0 saturated carbocycles. The van der Waals surface area contributed by atoms with E-state index in [9.17, 15) is 0 Å². The van der Waals surface area contributed by atoms with E-state index in [1.165, 1.54) is 55.2 Å². The third-order valence-corrected chi connectivity index (χ3v) is 7.36. The Labute approximate surface area is 177 Å². The molecule has 2 fully saturated rings. The summed E-state index contributed by atoms with van der Waals surface area (Å²) in [4.78, 5) is 11.3. The molecule has 0 radical (unpaired) electrons. The Hall–Kier alpha value is -2.08. The van der Waals surface area contributed by atoms with Crippen molar-refractivity contribution < 1.29 is 0 Å². The Balaban J connectivity index is 1.30. The highest BCUT2D eigenvalue weighted by Gasteiger charge is 2.51. The van der Waals surface area contributed by atoms with Gasteiger partial charge in [-0.15, -0.1) is 0 Å². The standard InChI is InChI=1S/C24H28N4S/c1-2-6-20(7-3-1)9-11-24-18-27(16-22-8-4-5-12-25-22)14-21(24)15-28(19-24)17-23-10-13-26-29-23/h1-8,10,12-13,21H,9,11,14-19H2. The van der Waals surface area contributed by atoms with Gasteiger partial charge in [0.25, 0.3) is 0 Å². The minimum atomic E-state index is 0.384. The maximum absolute atomic E-state index is 4.56. The van der Waals surface area contributed by atoms with Crippen molar-refractivity contribution in [3.05, 3.63) is 83.1 Å². The second-order valence-corrected chi connectivity index (χ2v) is 9.60. The molecule has 0 spiro atoms. The number of nitrogens with zero attached hydrogens (tertiary/aromatic N) is 4. The van der Waals surface area contributed by atoms with Gasteiger partial charge in [-0.2, -0.15) is 0 Å². The van der Waals surface area contributed by atoms with E-state index in [4.69, 9.17) is 0 Å². The molecule has 29 heavy (non-hydrogen) atoms. The van der Waals surface area contributed by atoms with Crippen LogP contribution in [0, 0.1) is 11.3 Å². The molecule has 3 aromatic rings. The highest BCUT2D eigenvalue weighted by Crippen LogP contribution is 2.46. The smallest absolute Gasteiger partial charge is 0.0543 e. The fourth-order valence-electron chi connectivity index (χ4n) is 5.30. The van der Waals surface area contributed by atoms with Crippen LogP contribution in [-0.2, 0) is 19.5 Å². The molecule has 5 heteroatoms. The molecule has 2 atom stereocenters. The maximum atomic E-state index is 4.56. The van der Waals surface area contributed by atoms with Gasteiger partial charge >= 0.3 is 0 Å². The summed E-state index contributed by atoms with van der Waals surface area (Å²) >= 11 is 1.64. The number of pyridine rings is 1. The van der Waals surface area contributed by atoms with Crippen LogP contribution in [0.3, 0.4) is 0 Å². The lowest BCUT2D eigenvalue weighted by atomic mass is 9.76. The number of likely N-dealkylation sites (tertiary alicyclic amines) is 2. The first-order valence-electron chi connectivity index (χ1n) is 10.6. The van der Waals surface area contributed by atoms with Gasteiger partial charge in [-0.05, 0) is 54.1 Å². The first-order chi connectivity index (χ1) is 14.3. The number of aryl methyl sites for hydroxylation is 1. The Bertz CT molecular complexity index is 899. The lowest BCUT2D eigenvalue weighted by Crippen LogP contribution is -2.34. The largest absolute Gasteiger partial charge is 0.297 e. The van der Waals surface area contributed by atoms with Crippen LogP contribution in [0.15, 0.2) is 67.0 Å². The molecule has 2 unspecified atom stereocenters. The fourth-order valence-corrected chi connectivity index (χ4v) is 5.92. The van der Waals surface area contributed by atoms with Crippen LogP contribution in [0.4, 0.5) is 0 Å². The van der Waals surface area contributed by atoms with Gasteiger partial charge in [-0.1, -0.05) is 36.4 Å². The van der Waals surface area contributed by atoms with Crippen molar-refractivity contribution in [1.29, 1.82) is 0 Å². The highest BCUT2D eigenvalue weighted by atomic mass is 32.1. The highest BCUT2D eigenvalue weighted by molar-refractivity contribution is 7.05. The first-order valence-corrected chi connectivity index (χ1v) is 11.3. The van der Waals surface area contributed by atoms with Gasteiger partial charge in [0, 0.05) is 62.0 Å². The van der Waals surface area contributed by atoms with E-state index < -0.39 is 0 Å². The molecule has 150 valence electrons. The van der Waals surface area contributed by atoms with Crippen LogP contribution < -0.4 is 0 Å². The second-order valence-electron chi connectivity index (χ2n) is 8.68. The molecule has 4 nitrogen and oxygen atoms in total. The summed E-state index contributed by atoms with van der Waals surface area (Å²) in [6.07, 6.45) is 6.27. The van der Waals surface area contributed by atoms with Crippen LogP contribution >= 0.6 is 11.5 Å². The second kappa shape index (κ2) is 8.34. The van der Waals surface area contributed by atoms with Gasteiger partial charge in [0.1, 0.15) is 0 Å². The Kier molecular flexibility index (Phi) is 5.44. The number of benzene rings is 1. The minimum Gasteiger partial charge on any atom is -0.297 e. The van der Waals surface area contributed by atoms with E-state index in [-0.39, 0.29) is 0 Å². The van der Waals surface area contributed by atoms with E-state index in [0.717, 1.165) is 19.0 Å². The van der Waals surface area contributed by atoms with Gasteiger partial charge in [-0.25, -0.2) is 4.37 Å². The molecule has 5 rings (SSSR count). The van der Waals surface area contributed by atoms with Crippen LogP contribution in [-0.4, -0.2) is 45.3 Å². The lowest BCUT2D eigenvalue weighted by Gasteiger charge is -2.30. The SMILES string of the molecule is c1ccc(CCC23CN(Cc4ccccn4)CC2CN(Cc2ccns2)C3)cc1. The zero-order chi connectivity index (χ0) is 19.5. The van der Waals surface area contributed by atoms with Crippen LogP contribution in [0.1, 0.15) is 22.6 Å². The van der Waals surface area contributed by atoms with Crippen LogP contribution in [0.2, 0.25) is 0 Å². The molecule has 2 aliphatic heterocycles. The number of fused-ring (bicyclic) bond motifs is 1. The van der Waals surface area contributed by atoms with Gasteiger partial charge in [0.15, 0.2) is 0 Å². The van der Waals surface area contributed by atoms with Gasteiger partial charge < -0.3 is 0 Å². The zero-order valence-electron chi connectivity index (χ0n) is 16.8. The molecule has 0 aliphatic carbocycles. The fraction of sp³-hybridized carbons (Fsp3) is 0.417. The van der Waals surface area contributed by atoms with E-state index in [0.29, 0.717) is 5.41 Å². The number of hydrogen-bond donors (Lipinski definition) is 0. The molecule has 1 aromatic carbocycles. The van der Waals surface area contributed by atoms with Crippen molar-refractivity contribution in [3.8, 4) is 0 Å². The lowest BCUT2D eigenvalue weighted by molar-refractivity contribution is 0.195. The molecule has 4 heterocycles. The topological polar surface area (TPSA) is 32.3 Å². The summed E-state index contributed by atoms with van der Waals surface area (Å²) in [7, 11) is 0. The Morgan fingerprint density at radius 1 is 0.897 bits per heavy atom. The molecule has 0 N–H and O–H groups in total. The molecule has 0 amide bonds. The van der Waals surface area contributed by atoms with E-state index >= 15 is 0 Å². The first kappa shape index (κ1) is 18.9. The van der Waals surface area contributed by atoms with Gasteiger partial charge in [0.2, 0.25) is 0 Å². The van der Waals surface area contributed by atoms with E-state index in [1.807, 2.05) is 18.5 Å². The molecule has 2 aromatic heterocycles. The summed E-state index contributed by atoms with van der Waals surface area (Å²) in [6.45, 7) is 6.78. The molecular formula is C24H28N4S. The quantitative estimate of drug-likeness (QED) is 0.593. The van der Waals surface area contributed by atoms with Crippen molar-refractivity contribution in [2.75, 3.05) is 26.2 Å². The Morgan fingerprint density at radius 2 is 1.69 bits per heavy atom. The zero-order valence-corrected chi connectivity index (χ0v) is 17.6. The predicted molar refractivity (Wildman–Crippen MR) is 118 cm³/mol. The van der Waals surface area contributed by atoms with E-state index in [1.54, 1.807) is 11.5 Å². The molecular weight excluding hydrogens is 376 g/mol. The number of aromatic nitrogens is 2. The normalized spacial score (nSPS) is 24.8. The van der Waals surface area contributed by atoms with Crippen molar-refractivity contribution in [2.45, 2.75) is 25.9 Å². The minimum absolute atomic E-state index is 0.384. The van der Waals surface area contributed by atoms with Crippen LogP contribution in [0.25, 0.3) is 0 Å². The van der Waals surface area contributed by atoms with Gasteiger partial charge in [-0.3, -0.25) is 14.8 Å². The third-order valence-electron chi connectivity index (χ3n) is 6.64. The van der Waals surface area contributed by atoms with Gasteiger partial charge in [0.05, 0.1) is 5.69 Å². The molecule has 2 aliphatic rings. The Morgan fingerprint density at radius 3 is 2.41 bits per heavy atom. The molecule has 0 bridgehead atoms. The predicted octanol–water partition coefficient (Wildman–Crippen LogP) is 4.10. The van der Waals surface area contributed by atoms with Crippen LogP contribution in [0.5, 0.6) is 0 Å². The third kappa shape index (κ3) is 4.27. The number of hydrogen-bond acceptors (Lipinski definition) is 5. The van der Waals surface area contributed by atoms with Crippen molar-refractivity contribution in [2.24, 2.45) is 11.3 Å². The summed E-state index contributed by atoms with van der Waals surface area (Å²) in [5.74, 6) is 0.739. The summed E-state index contributed by atoms with van der Waals surface area (Å²) < 4.78 is 4.29.